The zero-order valence-electron chi connectivity index (χ0n) is 22.4. The molecule has 11 heteroatoms. The molecule has 2 amide bonds. The molecule has 1 atom stereocenters. The van der Waals surface area contributed by atoms with Gasteiger partial charge in [0.2, 0.25) is 0 Å². The summed E-state index contributed by atoms with van der Waals surface area (Å²) in [4.78, 5) is 38.5. The number of ether oxygens (including phenoxy) is 1. The van der Waals surface area contributed by atoms with E-state index in [9.17, 15) is 9.59 Å². The van der Waals surface area contributed by atoms with Gasteiger partial charge in [-0.15, -0.1) is 11.5 Å². The molecule has 0 radical (unpaired) electrons. The summed E-state index contributed by atoms with van der Waals surface area (Å²) in [7, 11) is 0. The molecule has 4 heterocycles. The van der Waals surface area contributed by atoms with Gasteiger partial charge in [0.1, 0.15) is 16.9 Å². The van der Waals surface area contributed by atoms with Crippen molar-refractivity contribution in [2.24, 2.45) is 0 Å². The summed E-state index contributed by atoms with van der Waals surface area (Å²) in [6, 6.07) is 10.5. The number of piperidine rings is 1. The van der Waals surface area contributed by atoms with Crippen LogP contribution in [0.4, 0.5) is 15.0 Å². The van der Waals surface area contributed by atoms with Crippen LogP contribution < -0.4 is 4.90 Å². The standard InChI is InChI=1S/C29H28FN7O3/c1-5-19-9-6-14-31-25(19)36(21-10-8-16-35(18-21)28(39)40-29(2,3)4)27(38)22-13-12-20(17-23(22)30)37-26-24(33-34-37)11-7-15-32-26/h1,6-7,9,11-15,17,21H,8,10,16,18H2,2-4H3/t21-/m1/s1. The Bertz CT molecular complexity index is 1620. The van der Waals surface area contributed by atoms with Gasteiger partial charge in [0.15, 0.2) is 11.5 Å². The van der Waals surface area contributed by atoms with E-state index in [2.05, 4.69) is 26.2 Å². The second kappa shape index (κ2) is 10.7. The minimum absolute atomic E-state index is 0.177. The summed E-state index contributed by atoms with van der Waals surface area (Å²) in [6.45, 7) is 6.03. The van der Waals surface area contributed by atoms with Gasteiger partial charge >= 0.3 is 6.09 Å². The zero-order chi connectivity index (χ0) is 28.4. The van der Waals surface area contributed by atoms with E-state index in [0.29, 0.717) is 41.8 Å². The van der Waals surface area contributed by atoms with E-state index >= 15 is 4.39 Å². The smallest absolute Gasteiger partial charge is 0.410 e. The van der Waals surface area contributed by atoms with Gasteiger partial charge in [0.25, 0.3) is 5.91 Å². The number of carbonyl (C=O) groups excluding carboxylic acids is 2. The summed E-state index contributed by atoms with van der Waals surface area (Å²) in [5, 5.41) is 8.13. The fraction of sp³-hybridized carbons (Fsp3) is 0.310. The van der Waals surface area contributed by atoms with Crippen molar-refractivity contribution in [3.8, 4) is 18.0 Å². The number of carbonyl (C=O) groups is 2. The molecular weight excluding hydrogens is 513 g/mol. The number of halogens is 1. The van der Waals surface area contributed by atoms with Crippen molar-refractivity contribution in [2.45, 2.75) is 45.3 Å². The van der Waals surface area contributed by atoms with Crippen LogP contribution in [-0.2, 0) is 4.74 Å². The molecule has 1 aromatic carbocycles. The van der Waals surface area contributed by atoms with Crippen LogP contribution in [0.3, 0.4) is 0 Å². The fourth-order valence-electron chi connectivity index (χ4n) is 4.67. The van der Waals surface area contributed by atoms with Crippen LogP contribution in [-0.4, -0.2) is 66.6 Å². The quantitative estimate of drug-likeness (QED) is 0.353. The number of aromatic nitrogens is 5. The molecule has 5 rings (SSSR count). The normalized spacial score (nSPS) is 15.5. The third kappa shape index (κ3) is 5.33. The zero-order valence-corrected chi connectivity index (χ0v) is 22.4. The summed E-state index contributed by atoms with van der Waals surface area (Å²) >= 11 is 0. The Kier molecular flexibility index (Phi) is 7.17. The topological polar surface area (TPSA) is 106 Å². The Hall–Kier alpha value is -4.85. The van der Waals surface area contributed by atoms with Gasteiger partial charge in [-0.1, -0.05) is 11.1 Å². The predicted octanol–water partition coefficient (Wildman–Crippen LogP) is 4.38. The van der Waals surface area contributed by atoms with Crippen molar-refractivity contribution in [2.75, 3.05) is 18.0 Å². The number of anilines is 1. The number of terminal acetylenes is 1. The first kappa shape index (κ1) is 26.7. The molecule has 40 heavy (non-hydrogen) atoms. The van der Waals surface area contributed by atoms with Gasteiger partial charge in [0, 0.05) is 31.5 Å². The van der Waals surface area contributed by atoms with Crippen molar-refractivity contribution in [1.29, 1.82) is 0 Å². The lowest BCUT2D eigenvalue weighted by Crippen LogP contribution is -2.53. The van der Waals surface area contributed by atoms with E-state index in [1.807, 2.05) is 0 Å². The molecular formula is C29H28FN7O3. The SMILES string of the molecule is C#Cc1cccnc1N(C(=O)c1ccc(-n2nnc3cccnc32)cc1F)[C@@H]1CCCN(C(=O)OC(C)(C)C)C1. The Labute approximate surface area is 230 Å². The van der Waals surface area contributed by atoms with E-state index in [-0.39, 0.29) is 17.9 Å². The highest BCUT2D eigenvalue weighted by Gasteiger charge is 2.36. The number of rotatable bonds is 4. The van der Waals surface area contributed by atoms with Crippen molar-refractivity contribution in [3.05, 3.63) is 71.8 Å². The summed E-state index contributed by atoms with van der Waals surface area (Å²) in [6.07, 6.45) is 9.54. The summed E-state index contributed by atoms with van der Waals surface area (Å²) < 4.78 is 22.6. The van der Waals surface area contributed by atoms with Crippen molar-refractivity contribution in [3.63, 3.8) is 0 Å². The molecule has 1 fully saturated rings. The number of hydrogen-bond acceptors (Lipinski definition) is 7. The average Bonchev–Trinajstić information content (AvgIpc) is 3.37. The van der Waals surface area contributed by atoms with Crippen LogP contribution in [0.2, 0.25) is 0 Å². The van der Waals surface area contributed by atoms with E-state index in [0.717, 1.165) is 0 Å². The number of pyridine rings is 2. The van der Waals surface area contributed by atoms with Gasteiger partial charge < -0.3 is 9.64 Å². The number of nitrogens with zero attached hydrogens (tertiary/aromatic N) is 7. The first-order chi connectivity index (χ1) is 19.2. The average molecular weight is 542 g/mol. The maximum Gasteiger partial charge on any atom is 0.410 e. The molecule has 1 saturated heterocycles. The predicted molar refractivity (Wildman–Crippen MR) is 146 cm³/mol. The second-order valence-corrected chi connectivity index (χ2v) is 10.4. The third-order valence-corrected chi connectivity index (χ3v) is 6.44. The van der Waals surface area contributed by atoms with Crippen LogP contribution in [0.25, 0.3) is 16.9 Å². The lowest BCUT2D eigenvalue weighted by atomic mass is 10.0. The Morgan fingerprint density at radius 1 is 1.15 bits per heavy atom. The summed E-state index contributed by atoms with van der Waals surface area (Å²) in [5.74, 6) is 1.40. The molecule has 1 aliphatic heterocycles. The van der Waals surface area contributed by atoms with E-state index in [1.54, 1.807) is 62.2 Å². The van der Waals surface area contributed by atoms with Gasteiger partial charge in [-0.3, -0.25) is 9.69 Å². The largest absolute Gasteiger partial charge is 0.444 e. The molecule has 3 aromatic heterocycles. The van der Waals surface area contributed by atoms with Gasteiger partial charge in [-0.2, -0.15) is 4.68 Å². The van der Waals surface area contributed by atoms with E-state index in [1.165, 1.54) is 27.9 Å². The molecule has 1 aliphatic rings. The molecule has 0 spiro atoms. The molecule has 4 aromatic rings. The molecule has 204 valence electrons. The first-order valence-electron chi connectivity index (χ1n) is 12.9. The maximum atomic E-state index is 15.6. The highest BCUT2D eigenvalue weighted by Crippen LogP contribution is 2.28. The molecule has 0 saturated carbocycles. The Balaban J connectivity index is 1.51. The number of benzene rings is 1. The minimum Gasteiger partial charge on any atom is -0.444 e. The second-order valence-electron chi connectivity index (χ2n) is 10.4. The minimum atomic E-state index is -0.759. The van der Waals surface area contributed by atoms with Crippen LogP contribution in [0.15, 0.2) is 54.9 Å². The van der Waals surface area contributed by atoms with Crippen molar-refractivity contribution < 1.29 is 18.7 Å². The van der Waals surface area contributed by atoms with Gasteiger partial charge in [-0.25, -0.2) is 19.2 Å². The molecule has 0 aliphatic carbocycles. The number of fused-ring (bicyclic) bond motifs is 1. The maximum absolute atomic E-state index is 15.6. The lowest BCUT2D eigenvalue weighted by molar-refractivity contribution is 0.0195. The van der Waals surface area contributed by atoms with Crippen LogP contribution in [0.1, 0.15) is 49.5 Å². The van der Waals surface area contributed by atoms with E-state index < -0.39 is 29.5 Å². The van der Waals surface area contributed by atoms with Gasteiger partial charge in [0.05, 0.1) is 22.9 Å². The third-order valence-electron chi connectivity index (χ3n) is 6.44. The fourth-order valence-corrected chi connectivity index (χ4v) is 4.67. The summed E-state index contributed by atoms with van der Waals surface area (Å²) in [5.41, 5.74) is 0.897. The highest BCUT2D eigenvalue weighted by atomic mass is 19.1. The lowest BCUT2D eigenvalue weighted by Gasteiger charge is -2.39. The molecule has 0 unspecified atom stereocenters. The molecule has 10 nitrogen and oxygen atoms in total. The van der Waals surface area contributed by atoms with Crippen LogP contribution >= 0.6 is 0 Å². The molecule has 0 bridgehead atoms. The van der Waals surface area contributed by atoms with Gasteiger partial charge in [-0.05, 0) is 70.0 Å². The number of hydrogen-bond donors (Lipinski definition) is 0. The molecule has 0 N–H and O–H groups in total. The van der Waals surface area contributed by atoms with Crippen molar-refractivity contribution in [1.82, 2.24) is 29.9 Å². The Morgan fingerprint density at radius 3 is 2.67 bits per heavy atom. The monoisotopic (exact) mass is 541 g/mol. The van der Waals surface area contributed by atoms with Crippen molar-refractivity contribution >= 4 is 29.0 Å². The Morgan fingerprint density at radius 2 is 1.93 bits per heavy atom. The number of amides is 2. The van der Waals surface area contributed by atoms with Crippen LogP contribution in [0, 0.1) is 18.2 Å². The first-order valence-corrected chi connectivity index (χ1v) is 12.9. The van der Waals surface area contributed by atoms with Crippen LogP contribution in [0.5, 0.6) is 0 Å². The number of likely N-dealkylation sites (tertiary alicyclic amines) is 1. The van der Waals surface area contributed by atoms with E-state index in [4.69, 9.17) is 11.2 Å². The highest BCUT2D eigenvalue weighted by molar-refractivity contribution is 6.07.